The fourth-order valence-corrected chi connectivity index (χ4v) is 3.13. The van der Waals surface area contributed by atoms with Crippen LogP contribution in [-0.4, -0.2) is 23.8 Å². The minimum atomic E-state index is -0.608. The standard InChI is InChI=1S/C21H20FN3O3/c1-13-18(16-11-7-8-12-17(16)22)19(20(26)28-3)14(2)25(13)24-21(27)23-15-9-5-4-6-10-15/h4-12H,1-3H3,(H2,23,24,27). The van der Waals surface area contributed by atoms with Crippen molar-refractivity contribution in [3.05, 3.63) is 77.4 Å². The van der Waals surface area contributed by atoms with Gasteiger partial charge in [0.25, 0.3) is 0 Å². The van der Waals surface area contributed by atoms with Gasteiger partial charge in [0.2, 0.25) is 0 Å². The van der Waals surface area contributed by atoms with E-state index in [2.05, 4.69) is 10.7 Å². The van der Waals surface area contributed by atoms with Crippen molar-refractivity contribution in [1.29, 1.82) is 0 Å². The Morgan fingerprint density at radius 1 is 0.964 bits per heavy atom. The zero-order valence-electron chi connectivity index (χ0n) is 15.7. The minimum absolute atomic E-state index is 0.199. The van der Waals surface area contributed by atoms with E-state index in [0.29, 0.717) is 22.6 Å². The molecule has 0 spiro atoms. The van der Waals surface area contributed by atoms with Gasteiger partial charge in [-0.3, -0.25) is 4.68 Å². The van der Waals surface area contributed by atoms with Gasteiger partial charge in [0.15, 0.2) is 0 Å². The fourth-order valence-electron chi connectivity index (χ4n) is 3.13. The molecule has 144 valence electrons. The van der Waals surface area contributed by atoms with Crippen molar-refractivity contribution in [2.45, 2.75) is 13.8 Å². The molecule has 3 aromatic rings. The zero-order valence-corrected chi connectivity index (χ0v) is 15.7. The SMILES string of the molecule is COC(=O)c1c(-c2ccccc2F)c(C)n(NC(=O)Nc2ccccc2)c1C. The van der Waals surface area contributed by atoms with Crippen LogP contribution in [0.25, 0.3) is 11.1 Å². The molecule has 0 fully saturated rings. The van der Waals surface area contributed by atoms with E-state index in [1.54, 1.807) is 56.3 Å². The summed E-state index contributed by atoms with van der Waals surface area (Å²) in [5.41, 5.74) is 5.08. The van der Waals surface area contributed by atoms with Gasteiger partial charge in [-0.05, 0) is 32.0 Å². The molecule has 0 aliphatic heterocycles. The first-order chi connectivity index (χ1) is 13.4. The van der Waals surface area contributed by atoms with Crippen molar-refractivity contribution >= 4 is 17.7 Å². The number of para-hydroxylation sites is 1. The van der Waals surface area contributed by atoms with Gasteiger partial charge in [-0.25, -0.2) is 19.4 Å². The van der Waals surface area contributed by atoms with Crippen molar-refractivity contribution < 1.29 is 18.7 Å². The van der Waals surface area contributed by atoms with E-state index >= 15 is 0 Å². The molecule has 0 saturated carbocycles. The first kappa shape index (κ1) is 19.2. The van der Waals surface area contributed by atoms with Crippen LogP contribution in [0, 0.1) is 19.7 Å². The minimum Gasteiger partial charge on any atom is -0.465 e. The van der Waals surface area contributed by atoms with Gasteiger partial charge in [-0.1, -0.05) is 36.4 Å². The van der Waals surface area contributed by atoms with Gasteiger partial charge >= 0.3 is 12.0 Å². The number of nitrogens with zero attached hydrogens (tertiary/aromatic N) is 1. The lowest BCUT2D eigenvalue weighted by molar-refractivity contribution is 0.0600. The molecule has 2 N–H and O–H groups in total. The Hall–Kier alpha value is -3.61. The molecule has 2 amide bonds. The second-order valence-electron chi connectivity index (χ2n) is 6.16. The third-order valence-corrected chi connectivity index (χ3v) is 4.42. The molecule has 0 atom stereocenters. The Labute approximate surface area is 161 Å². The molecule has 0 aliphatic rings. The van der Waals surface area contributed by atoms with Gasteiger partial charge in [-0.2, -0.15) is 0 Å². The van der Waals surface area contributed by atoms with Crippen molar-refractivity contribution in [1.82, 2.24) is 4.68 Å². The number of nitrogens with one attached hydrogen (secondary N) is 2. The molecule has 7 heteroatoms. The Balaban J connectivity index is 2.04. The van der Waals surface area contributed by atoms with Crippen LogP contribution in [0.2, 0.25) is 0 Å². The number of rotatable bonds is 4. The van der Waals surface area contributed by atoms with E-state index in [4.69, 9.17) is 4.74 Å². The maximum absolute atomic E-state index is 14.4. The molecule has 6 nitrogen and oxygen atoms in total. The summed E-state index contributed by atoms with van der Waals surface area (Å²) in [7, 11) is 1.26. The molecule has 1 aromatic heterocycles. The summed E-state index contributed by atoms with van der Waals surface area (Å²) in [6.45, 7) is 3.36. The number of esters is 1. The number of amides is 2. The Morgan fingerprint density at radius 2 is 1.61 bits per heavy atom. The molecular formula is C21H20FN3O3. The van der Waals surface area contributed by atoms with Crippen LogP contribution in [0.15, 0.2) is 54.6 Å². The van der Waals surface area contributed by atoms with E-state index in [-0.39, 0.29) is 11.1 Å². The van der Waals surface area contributed by atoms with Crippen molar-refractivity contribution in [2.75, 3.05) is 17.9 Å². The lowest BCUT2D eigenvalue weighted by Crippen LogP contribution is -2.29. The van der Waals surface area contributed by atoms with Crippen LogP contribution in [0.3, 0.4) is 0 Å². The van der Waals surface area contributed by atoms with Crippen molar-refractivity contribution in [2.24, 2.45) is 0 Å². The van der Waals surface area contributed by atoms with Gasteiger partial charge in [0.1, 0.15) is 5.82 Å². The third kappa shape index (κ3) is 3.59. The van der Waals surface area contributed by atoms with Crippen molar-refractivity contribution in [3.8, 4) is 11.1 Å². The number of hydrogen-bond donors (Lipinski definition) is 2. The van der Waals surface area contributed by atoms with Gasteiger partial charge in [0, 0.05) is 22.5 Å². The van der Waals surface area contributed by atoms with Crippen LogP contribution < -0.4 is 10.7 Å². The Kier molecular flexibility index (Phi) is 5.44. The quantitative estimate of drug-likeness (QED) is 0.655. The Bertz CT molecular complexity index is 1030. The number of benzene rings is 2. The highest BCUT2D eigenvalue weighted by molar-refractivity contribution is 6.01. The van der Waals surface area contributed by atoms with Crippen LogP contribution in [0.1, 0.15) is 21.7 Å². The second kappa shape index (κ2) is 7.96. The van der Waals surface area contributed by atoms with E-state index < -0.39 is 17.8 Å². The predicted molar refractivity (Wildman–Crippen MR) is 105 cm³/mol. The Morgan fingerprint density at radius 3 is 2.25 bits per heavy atom. The summed E-state index contributed by atoms with van der Waals surface area (Å²) in [6.07, 6.45) is 0. The topological polar surface area (TPSA) is 72.4 Å². The number of hydrogen-bond acceptors (Lipinski definition) is 3. The molecule has 2 aromatic carbocycles. The first-order valence-electron chi connectivity index (χ1n) is 8.62. The summed E-state index contributed by atoms with van der Waals surface area (Å²) >= 11 is 0. The number of methoxy groups -OCH3 is 1. The van der Waals surface area contributed by atoms with Crippen LogP contribution >= 0.6 is 0 Å². The summed E-state index contributed by atoms with van der Waals surface area (Å²) in [6, 6.07) is 14.6. The number of anilines is 1. The molecule has 28 heavy (non-hydrogen) atoms. The summed E-state index contributed by atoms with van der Waals surface area (Å²) in [5.74, 6) is -1.08. The highest BCUT2D eigenvalue weighted by Crippen LogP contribution is 2.34. The maximum Gasteiger partial charge on any atom is 0.340 e. The predicted octanol–water partition coefficient (Wildman–Crippen LogP) is 4.47. The van der Waals surface area contributed by atoms with Gasteiger partial charge < -0.3 is 10.1 Å². The molecule has 1 heterocycles. The van der Waals surface area contributed by atoms with Crippen molar-refractivity contribution in [3.63, 3.8) is 0 Å². The molecular weight excluding hydrogens is 361 g/mol. The fraction of sp³-hybridized carbons (Fsp3) is 0.143. The average molecular weight is 381 g/mol. The number of halogens is 1. The highest BCUT2D eigenvalue weighted by atomic mass is 19.1. The third-order valence-electron chi connectivity index (χ3n) is 4.42. The van der Waals surface area contributed by atoms with E-state index in [9.17, 15) is 14.0 Å². The maximum atomic E-state index is 14.4. The summed E-state index contributed by atoms with van der Waals surface area (Å²) < 4.78 is 20.8. The first-order valence-corrected chi connectivity index (χ1v) is 8.62. The molecule has 0 bridgehead atoms. The average Bonchev–Trinajstić information content (AvgIpc) is 2.93. The van der Waals surface area contributed by atoms with Gasteiger partial charge in [0.05, 0.1) is 18.4 Å². The monoisotopic (exact) mass is 381 g/mol. The lowest BCUT2D eigenvalue weighted by Gasteiger charge is -2.13. The number of carbonyl (C=O) groups is 2. The van der Waals surface area contributed by atoms with Crippen LogP contribution in [0.4, 0.5) is 14.9 Å². The number of ether oxygens (including phenoxy) is 1. The molecule has 0 saturated heterocycles. The normalized spacial score (nSPS) is 10.4. The van der Waals surface area contributed by atoms with E-state index in [1.807, 2.05) is 6.07 Å². The van der Waals surface area contributed by atoms with E-state index in [1.165, 1.54) is 17.9 Å². The highest BCUT2D eigenvalue weighted by Gasteiger charge is 2.27. The smallest absolute Gasteiger partial charge is 0.340 e. The summed E-state index contributed by atoms with van der Waals surface area (Å²) in [5, 5.41) is 2.71. The van der Waals surface area contributed by atoms with Gasteiger partial charge in [-0.15, -0.1) is 0 Å². The summed E-state index contributed by atoms with van der Waals surface area (Å²) in [4.78, 5) is 24.8. The van der Waals surface area contributed by atoms with Crippen LogP contribution in [0.5, 0.6) is 0 Å². The molecule has 3 rings (SSSR count). The largest absolute Gasteiger partial charge is 0.465 e. The van der Waals surface area contributed by atoms with Crippen LogP contribution in [-0.2, 0) is 4.74 Å². The number of carbonyl (C=O) groups excluding carboxylic acids is 2. The number of aromatic nitrogens is 1. The molecule has 0 radical (unpaired) electrons. The lowest BCUT2D eigenvalue weighted by atomic mass is 10.00. The zero-order chi connectivity index (χ0) is 20.3. The molecule has 0 aliphatic carbocycles. The number of urea groups is 1. The van der Waals surface area contributed by atoms with E-state index in [0.717, 1.165) is 0 Å². The molecule has 0 unspecified atom stereocenters. The second-order valence-corrected chi connectivity index (χ2v) is 6.16.